The number of nitrogens with one attached hydrogen (secondary N) is 1. The monoisotopic (exact) mass is 247 g/mol. The number of phenolic OH excluding ortho intramolecular Hbond substituents is 1. The molecule has 2 aliphatic rings. The molecule has 2 N–H and O–H groups in total. The maximum Gasteiger partial charge on any atom is 0.119 e. The summed E-state index contributed by atoms with van der Waals surface area (Å²) in [5, 5.41) is 13.3. The van der Waals surface area contributed by atoms with Gasteiger partial charge in [0.2, 0.25) is 0 Å². The molecule has 2 aliphatic carbocycles. The predicted molar refractivity (Wildman–Crippen MR) is 70.7 cm³/mol. The summed E-state index contributed by atoms with van der Waals surface area (Å²) >= 11 is 0. The number of hydrogen-bond donors (Lipinski definition) is 2. The molecule has 3 heteroatoms. The molecule has 1 aromatic rings. The van der Waals surface area contributed by atoms with E-state index in [2.05, 4.69) is 11.4 Å². The first-order valence-electron chi connectivity index (χ1n) is 6.96. The van der Waals surface area contributed by atoms with Gasteiger partial charge in [0, 0.05) is 19.2 Å². The molecule has 1 aromatic carbocycles. The second-order valence-corrected chi connectivity index (χ2v) is 5.41. The van der Waals surface area contributed by atoms with Crippen LogP contribution in [0.2, 0.25) is 0 Å². The summed E-state index contributed by atoms with van der Waals surface area (Å²) in [7, 11) is 0. The van der Waals surface area contributed by atoms with Crippen LogP contribution in [0.4, 0.5) is 0 Å². The summed E-state index contributed by atoms with van der Waals surface area (Å²) in [6, 6.07) is 6.21. The van der Waals surface area contributed by atoms with Crippen LogP contribution in [0.1, 0.15) is 36.4 Å². The molecule has 0 aliphatic heterocycles. The minimum atomic E-state index is 0.386. The lowest BCUT2D eigenvalue weighted by Crippen LogP contribution is -2.24. The van der Waals surface area contributed by atoms with Crippen molar-refractivity contribution in [3.05, 3.63) is 29.3 Å². The van der Waals surface area contributed by atoms with E-state index < -0.39 is 0 Å². The van der Waals surface area contributed by atoms with Crippen molar-refractivity contribution >= 4 is 0 Å². The lowest BCUT2D eigenvalue weighted by Gasteiger charge is -2.14. The second kappa shape index (κ2) is 5.29. The molecule has 18 heavy (non-hydrogen) atoms. The molecule has 0 bridgehead atoms. The van der Waals surface area contributed by atoms with Crippen LogP contribution in [0, 0.1) is 5.92 Å². The molecule has 0 heterocycles. The standard InChI is InChI=1S/C15H21NO2/c17-15-3-1-2-12-13(15)6-7-14(12)16-8-9-18-10-11-4-5-11/h1-3,11,14,16-17H,4-10H2. The van der Waals surface area contributed by atoms with Crippen LogP contribution in [-0.4, -0.2) is 24.9 Å². The number of fused-ring (bicyclic) bond motifs is 1. The van der Waals surface area contributed by atoms with Gasteiger partial charge in [-0.3, -0.25) is 0 Å². The molecule has 0 saturated heterocycles. The topological polar surface area (TPSA) is 41.5 Å². The average molecular weight is 247 g/mol. The maximum absolute atomic E-state index is 9.77. The lowest BCUT2D eigenvalue weighted by molar-refractivity contribution is 0.124. The fourth-order valence-electron chi connectivity index (χ4n) is 2.69. The van der Waals surface area contributed by atoms with E-state index in [0.29, 0.717) is 11.8 Å². The highest BCUT2D eigenvalue weighted by molar-refractivity contribution is 5.44. The molecule has 3 nitrogen and oxygen atoms in total. The highest BCUT2D eigenvalue weighted by Crippen LogP contribution is 2.36. The van der Waals surface area contributed by atoms with Gasteiger partial charge in [-0.25, -0.2) is 0 Å². The Kier molecular flexibility index (Phi) is 3.52. The number of ether oxygens (including phenoxy) is 1. The van der Waals surface area contributed by atoms with Crippen molar-refractivity contribution in [3.8, 4) is 5.75 Å². The molecule has 1 fully saturated rings. The van der Waals surface area contributed by atoms with Crippen molar-refractivity contribution in [1.29, 1.82) is 0 Å². The highest BCUT2D eigenvalue weighted by atomic mass is 16.5. The molecule has 1 atom stereocenters. The molecular weight excluding hydrogens is 226 g/mol. The summed E-state index contributed by atoms with van der Waals surface area (Å²) in [5.74, 6) is 1.29. The third kappa shape index (κ3) is 2.68. The Labute approximate surface area is 108 Å². The largest absolute Gasteiger partial charge is 0.508 e. The quantitative estimate of drug-likeness (QED) is 0.758. The average Bonchev–Trinajstić information content (AvgIpc) is 3.10. The van der Waals surface area contributed by atoms with Crippen molar-refractivity contribution < 1.29 is 9.84 Å². The van der Waals surface area contributed by atoms with Crippen molar-refractivity contribution in [3.63, 3.8) is 0 Å². The van der Waals surface area contributed by atoms with Crippen molar-refractivity contribution in [1.82, 2.24) is 5.32 Å². The third-order valence-corrected chi connectivity index (χ3v) is 3.93. The van der Waals surface area contributed by atoms with Crippen LogP contribution < -0.4 is 5.32 Å². The first-order valence-corrected chi connectivity index (χ1v) is 6.96. The van der Waals surface area contributed by atoms with Gasteiger partial charge in [0.1, 0.15) is 5.75 Å². The van der Waals surface area contributed by atoms with E-state index in [1.165, 1.54) is 18.4 Å². The Morgan fingerprint density at radius 3 is 3.00 bits per heavy atom. The second-order valence-electron chi connectivity index (χ2n) is 5.41. The predicted octanol–water partition coefficient (Wildman–Crippen LogP) is 2.40. The minimum Gasteiger partial charge on any atom is -0.508 e. The summed E-state index contributed by atoms with van der Waals surface area (Å²) in [5.41, 5.74) is 2.38. The van der Waals surface area contributed by atoms with Crippen molar-refractivity contribution in [2.45, 2.75) is 31.7 Å². The fraction of sp³-hybridized carbons (Fsp3) is 0.600. The maximum atomic E-state index is 9.77. The number of aromatic hydroxyl groups is 1. The van der Waals surface area contributed by atoms with Crippen LogP contribution in [0.5, 0.6) is 5.75 Å². The van der Waals surface area contributed by atoms with E-state index in [-0.39, 0.29) is 0 Å². The Hall–Kier alpha value is -1.06. The lowest BCUT2D eigenvalue weighted by atomic mass is 10.1. The van der Waals surface area contributed by atoms with Gasteiger partial charge >= 0.3 is 0 Å². The molecule has 1 saturated carbocycles. The summed E-state index contributed by atoms with van der Waals surface area (Å²) < 4.78 is 5.62. The van der Waals surface area contributed by atoms with E-state index in [9.17, 15) is 5.11 Å². The van der Waals surface area contributed by atoms with Gasteiger partial charge in [-0.05, 0) is 48.8 Å². The van der Waals surface area contributed by atoms with Crippen molar-refractivity contribution in [2.24, 2.45) is 5.92 Å². The first kappa shape index (κ1) is 12.0. The number of phenols is 1. The molecule has 0 radical (unpaired) electrons. The normalized spacial score (nSPS) is 22.1. The molecule has 0 amide bonds. The smallest absolute Gasteiger partial charge is 0.119 e. The van der Waals surface area contributed by atoms with Crippen LogP contribution >= 0.6 is 0 Å². The van der Waals surface area contributed by atoms with E-state index >= 15 is 0 Å². The van der Waals surface area contributed by atoms with E-state index in [1.807, 2.05) is 6.07 Å². The number of benzene rings is 1. The van der Waals surface area contributed by atoms with Crippen LogP contribution in [-0.2, 0) is 11.2 Å². The Bertz CT molecular complexity index is 415. The van der Waals surface area contributed by atoms with Gasteiger partial charge in [0.25, 0.3) is 0 Å². The SMILES string of the molecule is Oc1cccc2c1CCC2NCCOCC1CC1. The molecule has 98 valence electrons. The zero-order valence-corrected chi connectivity index (χ0v) is 10.7. The number of hydrogen-bond acceptors (Lipinski definition) is 3. The molecular formula is C15H21NO2. The minimum absolute atomic E-state index is 0.386. The Balaban J connectivity index is 1.45. The summed E-state index contributed by atoms with van der Waals surface area (Å²) in [4.78, 5) is 0. The summed E-state index contributed by atoms with van der Waals surface area (Å²) in [6.45, 7) is 2.62. The van der Waals surface area contributed by atoms with Gasteiger partial charge in [0.15, 0.2) is 0 Å². The van der Waals surface area contributed by atoms with E-state index in [0.717, 1.165) is 44.1 Å². The first-order chi connectivity index (χ1) is 8.84. The molecule has 3 rings (SSSR count). The molecule has 1 unspecified atom stereocenters. The van der Waals surface area contributed by atoms with Gasteiger partial charge < -0.3 is 15.2 Å². The van der Waals surface area contributed by atoms with Crippen LogP contribution in [0.25, 0.3) is 0 Å². The zero-order valence-electron chi connectivity index (χ0n) is 10.7. The third-order valence-electron chi connectivity index (χ3n) is 3.93. The Morgan fingerprint density at radius 2 is 2.17 bits per heavy atom. The fourth-order valence-corrected chi connectivity index (χ4v) is 2.69. The van der Waals surface area contributed by atoms with E-state index in [4.69, 9.17) is 4.74 Å². The van der Waals surface area contributed by atoms with E-state index in [1.54, 1.807) is 6.07 Å². The summed E-state index contributed by atoms with van der Waals surface area (Å²) in [6.07, 6.45) is 4.75. The molecule has 0 aromatic heterocycles. The van der Waals surface area contributed by atoms with Gasteiger partial charge in [-0.2, -0.15) is 0 Å². The van der Waals surface area contributed by atoms with Gasteiger partial charge in [-0.15, -0.1) is 0 Å². The van der Waals surface area contributed by atoms with Crippen LogP contribution in [0.15, 0.2) is 18.2 Å². The number of rotatable bonds is 6. The zero-order chi connectivity index (χ0) is 12.4. The van der Waals surface area contributed by atoms with Crippen LogP contribution in [0.3, 0.4) is 0 Å². The Morgan fingerprint density at radius 1 is 1.28 bits per heavy atom. The molecule has 0 spiro atoms. The van der Waals surface area contributed by atoms with Gasteiger partial charge in [0.05, 0.1) is 6.61 Å². The van der Waals surface area contributed by atoms with Gasteiger partial charge in [-0.1, -0.05) is 12.1 Å². The van der Waals surface area contributed by atoms with Crippen molar-refractivity contribution in [2.75, 3.05) is 19.8 Å². The highest BCUT2D eigenvalue weighted by Gasteiger charge is 2.24.